The number of carbonyl (C=O) groups excluding carboxylic acids is 1. The summed E-state index contributed by atoms with van der Waals surface area (Å²) in [5.41, 5.74) is 1.86. The van der Waals surface area contributed by atoms with Gasteiger partial charge in [-0.25, -0.2) is 0 Å². The molecule has 24 heavy (non-hydrogen) atoms. The van der Waals surface area contributed by atoms with Crippen LogP contribution in [0.15, 0.2) is 41.9 Å². The Labute approximate surface area is 149 Å². The van der Waals surface area contributed by atoms with Crippen LogP contribution in [0.4, 0.5) is 0 Å². The zero-order valence-electron chi connectivity index (χ0n) is 13.5. The SMILES string of the molecule is Cc1ccsc1CN(C)C(=O)COc1ccc(Cl)c2cccnc12. The molecule has 0 fully saturated rings. The number of carbonyl (C=O) groups is 1. The van der Waals surface area contributed by atoms with Crippen molar-refractivity contribution in [2.75, 3.05) is 13.7 Å². The van der Waals surface area contributed by atoms with Crippen LogP contribution in [-0.4, -0.2) is 29.4 Å². The van der Waals surface area contributed by atoms with Crippen LogP contribution in [0.25, 0.3) is 10.9 Å². The molecule has 0 aliphatic carbocycles. The van der Waals surface area contributed by atoms with Crippen molar-refractivity contribution in [3.8, 4) is 5.75 Å². The number of pyridine rings is 1. The Bertz CT molecular complexity index is 878. The average molecular weight is 361 g/mol. The monoisotopic (exact) mass is 360 g/mol. The lowest BCUT2D eigenvalue weighted by molar-refractivity contribution is -0.132. The normalized spacial score (nSPS) is 10.8. The van der Waals surface area contributed by atoms with Crippen LogP contribution < -0.4 is 4.74 Å². The summed E-state index contributed by atoms with van der Waals surface area (Å²) >= 11 is 7.82. The van der Waals surface area contributed by atoms with E-state index in [2.05, 4.69) is 11.1 Å². The summed E-state index contributed by atoms with van der Waals surface area (Å²) in [6, 6.07) is 9.25. The molecule has 0 saturated heterocycles. The van der Waals surface area contributed by atoms with Crippen molar-refractivity contribution in [2.24, 2.45) is 0 Å². The molecule has 2 aromatic heterocycles. The number of amides is 1. The molecule has 3 rings (SSSR count). The molecule has 3 aromatic rings. The predicted octanol–water partition coefficient (Wildman–Crippen LogP) is 4.30. The number of likely N-dealkylation sites (N-methyl/N-ethyl adjacent to an activating group) is 1. The van der Waals surface area contributed by atoms with Crippen LogP contribution in [0.3, 0.4) is 0 Å². The van der Waals surface area contributed by atoms with E-state index in [0.29, 0.717) is 22.8 Å². The highest BCUT2D eigenvalue weighted by molar-refractivity contribution is 7.10. The van der Waals surface area contributed by atoms with Gasteiger partial charge in [0.25, 0.3) is 5.91 Å². The molecule has 1 aromatic carbocycles. The summed E-state index contributed by atoms with van der Waals surface area (Å²) in [6.45, 7) is 2.60. The van der Waals surface area contributed by atoms with E-state index in [0.717, 1.165) is 5.39 Å². The van der Waals surface area contributed by atoms with Gasteiger partial charge in [0, 0.05) is 23.5 Å². The maximum Gasteiger partial charge on any atom is 0.260 e. The molecule has 0 aliphatic heterocycles. The van der Waals surface area contributed by atoms with E-state index in [1.54, 1.807) is 41.6 Å². The van der Waals surface area contributed by atoms with Crippen LogP contribution in [0.5, 0.6) is 5.75 Å². The first-order chi connectivity index (χ1) is 11.6. The first-order valence-corrected chi connectivity index (χ1v) is 8.75. The average Bonchev–Trinajstić information content (AvgIpc) is 2.99. The number of hydrogen-bond donors (Lipinski definition) is 0. The zero-order chi connectivity index (χ0) is 17.1. The molecule has 0 aliphatic rings. The van der Waals surface area contributed by atoms with Crippen molar-refractivity contribution in [3.05, 3.63) is 57.4 Å². The Morgan fingerprint density at radius 1 is 1.33 bits per heavy atom. The molecule has 124 valence electrons. The second kappa shape index (κ2) is 7.20. The highest BCUT2D eigenvalue weighted by atomic mass is 35.5. The number of rotatable bonds is 5. The van der Waals surface area contributed by atoms with Crippen molar-refractivity contribution in [1.82, 2.24) is 9.88 Å². The lowest BCUT2D eigenvalue weighted by Crippen LogP contribution is -2.30. The Morgan fingerprint density at radius 3 is 2.92 bits per heavy atom. The molecule has 0 spiro atoms. The van der Waals surface area contributed by atoms with Gasteiger partial charge in [0.05, 0.1) is 11.6 Å². The number of aromatic nitrogens is 1. The van der Waals surface area contributed by atoms with Gasteiger partial charge in [-0.2, -0.15) is 0 Å². The minimum atomic E-state index is -0.0816. The Balaban J connectivity index is 1.68. The summed E-state index contributed by atoms with van der Waals surface area (Å²) in [5.74, 6) is 0.478. The van der Waals surface area contributed by atoms with Gasteiger partial charge in [-0.15, -0.1) is 11.3 Å². The molecule has 0 unspecified atom stereocenters. The molecule has 0 atom stereocenters. The van der Waals surface area contributed by atoms with Gasteiger partial charge in [0.1, 0.15) is 11.3 Å². The van der Waals surface area contributed by atoms with Crippen LogP contribution in [0.1, 0.15) is 10.4 Å². The quantitative estimate of drug-likeness (QED) is 0.681. The Hall–Kier alpha value is -2.11. The standard InChI is InChI=1S/C18H17ClN2O2S/c1-12-7-9-24-16(12)10-21(2)17(22)11-23-15-6-5-14(19)13-4-3-8-20-18(13)15/h3-9H,10-11H2,1-2H3. The third kappa shape index (κ3) is 3.52. The Kier molecular flexibility index (Phi) is 5.02. The summed E-state index contributed by atoms with van der Waals surface area (Å²) in [6.07, 6.45) is 1.68. The zero-order valence-corrected chi connectivity index (χ0v) is 15.0. The Morgan fingerprint density at radius 2 is 2.17 bits per heavy atom. The van der Waals surface area contributed by atoms with Gasteiger partial charge < -0.3 is 9.64 Å². The fraction of sp³-hybridized carbons (Fsp3) is 0.222. The minimum absolute atomic E-state index is 0.0335. The summed E-state index contributed by atoms with van der Waals surface area (Å²) in [4.78, 5) is 19.5. The van der Waals surface area contributed by atoms with Crippen LogP contribution >= 0.6 is 22.9 Å². The van der Waals surface area contributed by atoms with Gasteiger partial charge in [0.15, 0.2) is 6.61 Å². The van der Waals surface area contributed by atoms with Gasteiger partial charge in [-0.3, -0.25) is 9.78 Å². The number of nitrogens with zero attached hydrogens (tertiary/aromatic N) is 2. The lowest BCUT2D eigenvalue weighted by Gasteiger charge is -2.17. The summed E-state index contributed by atoms with van der Waals surface area (Å²) < 4.78 is 5.70. The van der Waals surface area contributed by atoms with E-state index in [4.69, 9.17) is 16.3 Å². The fourth-order valence-electron chi connectivity index (χ4n) is 2.35. The molecule has 0 bridgehead atoms. The van der Waals surface area contributed by atoms with Gasteiger partial charge in [-0.1, -0.05) is 11.6 Å². The smallest absolute Gasteiger partial charge is 0.260 e. The highest BCUT2D eigenvalue weighted by Crippen LogP contribution is 2.29. The molecular formula is C18H17ClN2O2S. The third-order valence-corrected chi connectivity index (χ3v) is 5.14. The van der Waals surface area contributed by atoms with Crippen molar-refractivity contribution in [3.63, 3.8) is 0 Å². The topological polar surface area (TPSA) is 42.4 Å². The van der Waals surface area contributed by atoms with Gasteiger partial charge in [-0.05, 0) is 48.2 Å². The molecular weight excluding hydrogens is 344 g/mol. The summed E-state index contributed by atoms with van der Waals surface area (Å²) in [7, 11) is 1.78. The second-order valence-corrected chi connectivity index (χ2v) is 6.92. The van der Waals surface area contributed by atoms with Gasteiger partial charge in [0.2, 0.25) is 0 Å². The van der Waals surface area contributed by atoms with Crippen LogP contribution in [-0.2, 0) is 11.3 Å². The number of fused-ring (bicyclic) bond motifs is 1. The van der Waals surface area contributed by atoms with Crippen LogP contribution in [0.2, 0.25) is 5.02 Å². The van der Waals surface area contributed by atoms with E-state index < -0.39 is 0 Å². The number of ether oxygens (including phenoxy) is 1. The first-order valence-electron chi connectivity index (χ1n) is 7.49. The highest BCUT2D eigenvalue weighted by Gasteiger charge is 2.14. The maximum absolute atomic E-state index is 12.3. The molecule has 6 heteroatoms. The number of thiophene rings is 1. The van der Waals surface area contributed by atoms with Gasteiger partial charge >= 0.3 is 0 Å². The minimum Gasteiger partial charge on any atom is -0.481 e. The molecule has 0 N–H and O–H groups in total. The first kappa shape index (κ1) is 16.7. The van der Waals surface area contributed by atoms with Crippen LogP contribution in [0, 0.1) is 6.92 Å². The van der Waals surface area contributed by atoms with E-state index in [1.807, 2.05) is 24.4 Å². The summed E-state index contributed by atoms with van der Waals surface area (Å²) in [5, 5.41) is 3.46. The predicted molar refractivity (Wildman–Crippen MR) is 97.8 cm³/mol. The third-order valence-electron chi connectivity index (χ3n) is 3.81. The largest absolute Gasteiger partial charge is 0.481 e. The number of aryl methyl sites for hydroxylation is 1. The number of halogens is 1. The lowest BCUT2D eigenvalue weighted by atomic mass is 10.2. The van der Waals surface area contributed by atoms with E-state index in [9.17, 15) is 4.79 Å². The van der Waals surface area contributed by atoms with E-state index >= 15 is 0 Å². The van der Waals surface area contributed by atoms with E-state index in [1.165, 1.54) is 10.4 Å². The van der Waals surface area contributed by atoms with Crippen molar-refractivity contribution < 1.29 is 9.53 Å². The molecule has 1 amide bonds. The fourth-order valence-corrected chi connectivity index (χ4v) is 3.52. The molecule has 4 nitrogen and oxygen atoms in total. The van der Waals surface area contributed by atoms with E-state index in [-0.39, 0.29) is 12.5 Å². The van der Waals surface area contributed by atoms with Crippen molar-refractivity contribution >= 4 is 39.7 Å². The second-order valence-electron chi connectivity index (χ2n) is 5.51. The number of benzene rings is 1. The molecule has 2 heterocycles. The van der Waals surface area contributed by atoms with Crippen molar-refractivity contribution in [1.29, 1.82) is 0 Å². The van der Waals surface area contributed by atoms with Crippen molar-refractivity contribution in [2.45, 2.75) is 13.5 Å². The molecule has 0 radical (unpaired) electrons. The number of hydrogen-bond acceptors (Lipinski definition) is 4. The molecule has 0 saturated carbocycles. The maximum atomic E-state index is 12.3.